The van der Waals surface area contributed by atoms with Crippen molar-refractivity contribution in [3.63, 3.8) is 0 Å². The molecule has 124 valence electrons. The normalized spacial score (nSPS) is 22.3. The molecular weight excluding hydrogens is 294 g/mol. The molecule has 0 aromatic heterocycles. The first-order chi connectivity index (χ1) is 11.1. The molecular formula is C17H23N3O3. The van der Waals surface area contributed by atoms with Crippen LogP contribution in [-0.2, 0) is 0 Å². The summed E-state index contributed by atoms with van der Waals surface area (Å²) in [7, 11) is 0. The van der Waals surface area contributed by atoms with Crippen LogP contribution in [0.1, 0.15) is 41.6 Å². The topological polar surface area (TPSA) is 66.7 Å². The molecule has 3 rings (SSSR count). The molecule has 0 aliphatic carbocycles. The summed E-state index contributed by atoms with van der Waals surface area (Å²) in [5.41, 5.74) is 0.701. The number of aryl methyl sites for hydroxylation is 1. The summed E-state index contributed by atoms with van der Waals surface area (Å²) in [5.74, 6) is -0.204. The van der Waals surface area contributed by atoms with Gasteiger partial charge in [-0.05, 0) is 51.8 Å². The van der Waals surface area contributed by atoms with Gasteiger partial charge in [-0.1, -0.05) is 12.1 Å². The zero-order valence-electron chi connectivity index (χ0n) is 13.5. The minimum atomic E-state index is -0.440. The Kier molecular flexibility index (Phi) is 4.61. The predicted molar refractivity (Wildman–Crippen MR) is 87.6 cm³/mol. The van der Waals surface area contributed by atoms with Crippen molar-refractivity contribution < 1.29 is 9.72 Å². The Labute approximate surface area is 136 Å². The van der Waals surface area contributed by atoms with Crippen molar-refractivity contribution in [2.45, 2.75) is 38.6 Å². The summed E-state index contributed by atoms with van der Waals surface area (Å²) in [6, 6.07) is 5.38. The van der Waals surface area contributed by atoms with Crippen molar-refractivity contribution in [3.05, 3.63) is 39.4 Å². The van der Waals surface area contributed by atoms with Crippen LogP contribution < -0.4 is 0 Å². The largest absolute Gasteiger partial charge is 0.337 e. The molecule has 2 saturated heterocycles. The fraction of sp³-hybridized carbons (Fsp3) is 0.588. The predicted octanol–water partition coefficient (Wildman–Crippen LogP) is 2.60. The number of nitrogens with zero attached hydrogens (tertiary/aromatic N) is 3. The van der Waals surface area contributed by atoms with E-state index in [-0.39, 0.29) is 17.2 Å². The van der Waals surface area contributed by atoms with Crippen molar-refractivity contribution in [3.8, 4) is 0 Å². The standard InChI is InChI=1S/C17H23N3O3/c1-13-6-4-8-15(16(13)20(22)23)17(21)19-11-5-7-14(12-19)18-9-2-3-10-18/h4,6,8,14H,2-3,5,7,9-12H2,1H3/t14-/m1/s1. The van der Waals surface area contributed by atoms with Gasteiger partial charge in [0.05, 0.1) is 4.92 Å². The number of hydrogen-bond acceptors (Lipinski definition) is 4. The number of amides is 1. The number of benzene rings is 1. The molecule has 0 radical (unpaired) electrons. The SMILES string of the molecule is Cc1cccc(C(=O)N2CCC[C@@H](N3CCCC3)C2)c1[N+](=O)[O-]. The van der Waals surface area contributed by atoms with E-state index in [9.17, 15) is 14.9 Å². The van der Waals surface area contributed by atoms with E-state index >= 15 is 0 Å². The molecule has 0 N–H and O–H groups in total. The van der Waals surface area contributed by atoms with Crippen LogP contribution in [0.3, 0.4) is 0 Å². The molecule has 1 aromatic carbocycles. The number of piperidine rings is 1. The smallest absolute Gasteiger partial charge is 0.285 e. The maximum Gasteiger partial charge on any atom is 0.285 e. The van der Waals surface area contributed by atoms with Gasteiger partial charge in [-0.2, -0.15) is 0 Å². The third-order valence-corrected chi connectivity index (χ3v) is 4.99. The van der Waals surface area contributed by atoms with Crippen LogP contribution in [0.25, 0.3) is 0 Å². The van der Waals surface area contributed by atoms with Crippen molar-refractivity contribution in [2.75, 3.05) is 26.2 Å². The second kappa shape index (κ2) is 6.66. The highest BCUT2D eigenvalue weighted by Gasteiger charge is 2.32. The number of nitro benzene ring substituents is 1. The van der Waals surface area contributed by atoms with E-state index in [1.807, 2.05) is 0 Å². The lowest BCUT2D eigenvalue weighted by Crippen LogP contribution is -2.49. The number of para-hydroxylation sites is 1. The van der Waals surface area contributed by atoms with Gasteiger partial charge in [0.15, 0.2) is 0 Å². The monoisotopic (exact) mass is 317 g/mol. The van der Waals surface area contributed by atoms with Gasteiger partial charge in [0.25, 0.3) is 11.6 Å². The maximum atomic E-state index is 12.8. The van der Waals surface area contributed by atoms with Crippen LogP contribution in [0.15, 0.2) is 18.2 Å². The average Bonchev–Trinajstić information content (AvgIpc) is 3.08. The third-order valence-electron chi connectivity index (χ3n) is 4.99. The first-order valence-electron chi connectivity index (χ1n) is 8.35. The van der Waals surface area contributed by atoms with Crippen molar-refractivity contribution in [1.82, 2.24) is 9.80 Å². The summed E-state index contributed by atoms with van der Waals surface area (Å²) >= 11 is 0. The quantitative estimate of drug-likeness (QED) is 0.635. The molecule has 2 aliphatic heterocycles. The molecule has 2 aliphatic rings. The molecule has 0 saturated carbocycles. The van der Waals surface area contributed by atoms with E-state index in [1.54, 1.807) is 30.0 Å². The summed E-state index contributed by atoms with van der Waals surface area (Å²) < 4.78 is 0. The van der Waals surface area contributed by atoms with Crippen LogP contribution in [0, 0.1) is 17.0 Å². The van der Waals surface area contributed by atoms with Crippen LogP contribution in [0.5, 0.6) is 0 Å². The van der Waals surface area contributed by atoms with E-state index in [0.29, 0.717) is 24.7 Å². The summed E-state index contributed by atoms with van der Waals surface area (Å²) in [5, 5.41) is 11.3. The second-order valence-electron chi connectivity index (χ2n) is 6.52. The number of carbonyl (C=O) groups is 1. The van der Waals surface area contributed by atoms with Crippen molar-refractivity contribution in [1.29, 1.82) is 0 Å². The van der Waals surface area contributed by atoms with E-state index in [0.717, 1.165) is 25.9 Å². The van der Waals surface area contributed by atoms with Gasteiger partial charge in [-0.15, -0.1) is 0 Å². The molecule has 0 bridgehead atoms. The van der Waals surface area contributed by atoms with Gasteiger partial charge in [0, 0.05) is 24.7 Å². The fourth-order valence-corrected chi connectivity index (χ4v) is 3.79. The van der Waals surface area contributed by atoms with Crippen LogP contribution in [0.2, 0.25) is 0 Å². The molecule has 1 aromatic rings. The molecule has 23 heavy (non-hydrogen) atoms. The molecule has 0 unspecified atom stereocenters. The first kappa shape index (κ1) is 15.9. The van der Waals surface area contributed by atoms with E-state index < -0.39 is 4.92 Å². The molecule has 1 amide bonds. The Bertz CT molecular complexity index is 611. The Hall–Kier alpha value is -1.95. The number of hydrogen-bond donors (Lipinski definition) is 0. The van der Waals surface area contributed by atoms with Gasteiger partial charge >= 0.3 is 0 Å². The molecule has 2 fully saturated rings. The Morgan fingerprint density at radius 3 is 2.65 bits per heavy atom. The lowest BCUT2D eigenvalue weighted by atomic mass is 10.0. The Balaban J connectivity index is 1.80. The summed E-state index contributed by atoms with van der Waals surface area (Å²) in [6.07, 6.45) is 4.54. The minimum Gasteiger partial charge on any atom is -0.337 e. The van der Waals surface area contributed by atoms with Gasteiger partial charge in [0.1, 0.15) is 5.56 Å². The second-order valence-corrected chi connectivity index (χ2v) is 6.52. The number of carbonyl (C=O) groups excluding carboxylic acids is 1. The van der Waals surface area contributed by atoms with E-state index in [2.05, 4.69) is 4.90 Å². The molecule has 1 atom stereocenters. The van der Waals surface area contributed by atoms with Gasteiger partial charge in [0.2, 0.25) is 0 Å². The van der Waals surface area contributed by atoms with Gasteiger partial charge in [-0.25, -0.2) is 0 Å². The number of likely N-dealkylation sites (tertiary alicyclic amines) is 2. The average molecular weight is 317 g/mol. The van der Waals surface area contributed by atoms with Crippen LogP contribution >= 0.6 is 0 Å². The Morgan fingerprint density at radius 1 is 1.22 bits per heavy atom. The molecule has 2 heterocycles. The van der Waals surface area contributed by atoms with Crippen LogP contribution in [0.4, 0.5) is 5.69 Å². The van der Waals surface area contributed by atoms with Gasteiger partial charge in [-0.3, -0.25) is 19.8 Å². The first-order valence-corrected chi connectivity index (χ1v) is 8.35. The molecule has 6 nitrogen and oxygen atoms in total. The maximum absolute atomic E-state index is 12.8. The summed E-state index contributed by atoms with van der Waals surface area (Å²) in [4.78, 5) is 28.0. The van der Waals surface area contributed by atoms with Crippen LogP contribution in [-0.4, -0.2) is 52.9 Å². The van der Waals surface area contributed by atoms with E-state index in [1.165, 1.54) is 12.8 Å². The van der Waals surface area contributed by atoms with Gasteiger partial charge < -0.3 is 4.90 Å². The zero-order chi connectivity index (χ0) is 16.4. The van der Waals surface area contributed by atoms with Crippen molar-refractivity contribution in [2.24, 2.45) is 0 Å². The Morgan fingerprint density at radius 2 is 1.96 bits per heavy atom. The molecule has 0 spiro atoms. The number of rotatable bonds is 3. The number of nitro groups is 1. The lowest BCUT2D eigenvalue weighted by molar-refractivity contribution is -0.385. The highest BCUT2D eigenvalue weighted by Crippen LogP contribution is 2.27. The summed E-state index contributed by atoms with van der Waals surface area (Å²) in [6.45, 7) is 5.27. The zero-order valence-corrected chi connectivity index (χ0v) is 13.5. The van der Waals surface area contributed by atoms with E-state index in [4.69, 9.17) is 0 Å². The fourth-order valence-electron chi connectivity index (χ4n) is 3.79. The van der Waals surface area contributed by atoms with Crippen molar-refractivity contribution >= 4 is 11.6 Å². The highest BCUT2D eigenvalue weighted by atomic mass is 16.6. The highest BCUT2D eigenvalue weighted by molar-refractivity contribution is 5.98. The third kappa shape index (κ3) is 3.22. The molecule has 6 heteroatoms. The minimum absolute atomic E-state index is 0.0548. The lowest BCUT2D eigenvalue weighted by Gasteiger charge is -2.37.